The average Bonchev–Trinajstić information content (AvgIpc) is 2.39. The second kappa shape index (κ2) is 4.74. The average molecular weight is 231 g/mol. The van der Waals surface area contributed by atoms with E-state index in [0.29, 0.717) is 11.3 Å². The summed E-state index contributed by atoms with van der Waals surface area (Å²) in [6, 6.07) is 7.37. The number of benzene rings is 1. The monoisotopic (exact) mass is 231 g/mol. The predicted molar refractivity (Wildman–Crippen MR) is 60.6 cm³/mol. The van der Waals surface area contributed by atoms with Gasteiger partial charge in [0, 0.05) is 24.0 Å². The van der Waals surface area contributed by atoms with Crippen molar-refractivity contribution in [2.24, 2.45) is 0 Å². The van der Waals surface area contributed by atoms with Gasteiger partial charge in [-0.1, -0.05) is 0 Å². The third-order valence-electron chi connectivity index (χ3n) is 2.34. The molecule has 2 aromatic rings. The Morgan fingerprint density at radius 1 is 1.35 bits per heavy atom. The van der Waals surface area contributed by atoms with Crippen molar-refractivity contribution >= 4 is 5.78 Å². The first-order chi connectivity index (χ1) is 8.22. The Balaban J connectivity index is 2.38. The van der Waals surface area contributed by atoms with Crippen LogP contribution < -0.4 is 4.74 Å². The maximum atomic E-state index is 13.7. The molecular formula is C13H10FNO2. The zero-order chi connectivity index (χ0) is 12.3. The third kappa shape index (κ3) is 2.30. The molecule has 0 aliphatic carbocycles. The standard InChI is InChI=1S/C13H10FNO2/c1-17-10-4-5-11(12(14)7-10)13(16)9-3-2-6-15-8-9/h2-8H,1H3. The normalized spacial score (nSPS) is 10.0. The first-order valence-corrected chi connectivity index (χ1v) is 5.00. The topological polar surface area (TPSA) is 39.2 Å². The highest BCUT2D eigenvalue weighted by Gasteiger charge is 2.14. The van der Waals surface area contributed by atoms with E-state index in [1.54, 1.807) is 24.4 Å². The molecule has 2 rings (SSSR count). The highest BCUT2D eigenvalue weighted by Crippen LogP contribution is 2.18. The van der Waals surface area contributed by atoms with Gasteiger partial charge in [-0.25, -0.2) is 4.39 Å². The molecule has 0 aliphatic heterocycles. The lowest BCUT2D eigenvalue weighted by molar-refractivity contribution is 0.103. The molecule has 0 N–H and O–H groups in total. The van der Waals surface area contributed by atoms with Crippen LogP contribution in [-0.4, -0.2) is 17.9 Å². The van der Waals surface area contributed by atoms with Gasteiger partial charge in [0.2, 0.25) is 0 Å². The van der Waals surface area contributed by atoms with E-state index < -0.39 is 11.6 Å². The molecule has 0 unspecified atom stereocenters. The lowest BCUT2D eigenvalue weighted by Crippen LogP contribution is -2.04. The number of hydrogen-bond acceptors (Lipinski definition) is 3. The molecule has 86 valence electrons. The van der Waals surface area contributed by atoms with Crippen molar-refractivity contribution in [3.63, 3.8) is 0 Å². The van der Waals surface area contributed by atoms with E-state index in [4.69, 9.17) is 4.74 Å². The number of ether oxygens (including phenoxy) is 1. The van der Waals surface area contributed by atoms with Crippen molar-refractivity contribution in [3.8, 4) is 5.75 Å². The van der Waals surface area contributed by atoms with Gasteiger partial charge >= 0.3 is 0 Å². The van der Waals surface area contributed by atoms with E-state index in [1.807, 2.05) is 0 Å². The smallest absolute Gasteiger partial charge is 0.197 e. The van der Waals surface area contributed by atoms with E-state index in [0.717, 1.165) is 0 Å². The minimum absolute atomic E-state index is 0.0128. The Morgan fingerprint density at radius 2 is 2.18 bits per heavy atom. The van der Waals surface area contributed by atoms with Gasteiger partial charge in [0.1, 0.15) is 11.6 Å². The molecule has 0 bridgehead atoms. The molecule has 0 amide bonds. The van der Waals surface area contributed by atoms with Gasteiger partial charge in [0.15, 0.2) is 5.78 Å². The summed E-state index contributed by atoms with van der Waals surface area (Å²) in [7, 11) is 1.44. The summed E-state index contributed by atoms with van der Waals surface area (Å²) in [6.07, 6.45) is 2.97. The van der Waals surface area contributed by atoms with Gasteiger partial charge in [-0.3, -0.25) is 9.78 Å². The van der Waals surface area contributed by atoms with E-state index in [9.17, 15) is 9.18 Å². The highest BCUT2D eigenvalue weighted by atomic mass is 19.1. The Bertz CT molecular complexity index is 540. The fourth-order valence-electron chi connectivity index (χ4n) is 1.46. The van der Waals surface area contributed by atoms with Crippen molar-refractivity contribution in [3.05, 3.63) is 59.7 Å². The Kier molecular flexibility index (Phi) is 3.14. The molecule has 0 saturated carbocycles. The molecule has 1 aromatic heterocycles. The summed E-state index contributed by atoms with van der Waals surface area (Å²) in [4.78, 5) is 15.8. The second-order valence-electron chi connectivity index (χ2n) is 3.42. The summed E-state index contributed by atoms with van der Waals surface area (Å²) in [6.45, 7) is 0. The molecule has 1 heterocycles. The summed E-state index contributed by atoms with van der Waals surface area (Å²) in [5.41, 5.74) is 0.371. The van der Waals surface area contributed by atoms with Crippen molar-refractivity contribution in [2.75, 3.05) is 7.11 Å². The van der Waals surface area contributed by atoms with Crippen molar-refractivity contribution in [1.29, 1.82) is 0 Å². The van der Waals surface area contributed by atoms with Gasteiger partial charge < -0.3 is 4.74 Å². The SMILES string of the molecule is COc1ccc(C(=O)c2cccnc2)c(F)c1. The highest BCUT2D eigenvalue weighted by molar-refractivity contribution is 6.09. The maximum Gasteiger partial charge on any atom is 0.197 e. The van der Waals surface area contributed by atoms with Crippen LogP contribution in [0, 0.1) is 5.82 Å². The number of methoxy groups -OCH3 is 1. The summed E-state index contributed by atoms with van der Waals surface area (Å²) in [5.74, 6) is -0.610. The largest absolute Gasteiger partial charge is 0.497 e. The minimum atomic E-state index is -0.599. The summed E-state index contributed by atoms with van der Waals surface area (Å²) >= 11 is 0. The van der Waals surface area contributed by atoms with Crippen molar-refractivity contribution < 1.29 is 13.9 Å². The number of pyridine rings is 1. The van der Waals surface area contributed by atoms with Crippen LogP contribution in [0.15, 0.2) is 42.7 Å². The molecule has 0 saturated heterocycles. The van der Waals surface area contributed by atoms with Crippen LogP contribution in [0.2, 0.25) is 0 Å². The van der Waals surface area contributed by atoms with Crippen LogP contribution in [-0.2, 0) is 0 Å². The fraction of sp³-hybridized carbons (Fsp3) is 0.0769. The van der Waals surface area contributed by atoms with Crippen LogP contribution in [0.5, 0.6) is 5.75 Å². The molecule has 0 fully saturated rings. The fourth-order valence-corrected chi connectivity index (χ4v) is 1.46. The van der Waals surface area contributed by atoms with Gasteiger partial charge in [-0.2, -0.15) is 0 Å². The third-order valence-corrected chi connectivity index (χ3v) is 2.34. The maximum absolute atomic E-state index is 13.7. The zero-order valence-electron chi connectivity index (χ0n) is 9.18. The van der Waals surface area contributed by atoms with Crippen LogP contribution in [0.3, 0.4) is 0 Å². The Morgan fingerprint density at radius 3 is 2.76 bits per heavy atom. The molecular weight excluding hydrogens is 221 g/mol. The van der Waals surface area contributed by atoms with E-state index in [2.05, 4.69) is 4.98 Å². The number of carbonyl (C=O) groups excluding carboxylic acids is 1. The molecule has 4 heteroatoms. The number of aromatic nitrogens is 1. The number of ketones is 1. The first kappa shape index (κ1) is 11.3. The van der Waals surface area contributed by atoms with E-state index in [-0.39, 0.29) is 5.56 Å². The number of rotatable bonds is 3. The van der Waals surface area contributed by atoms with Crippen LogP contribution in [0.4, 0.5) is 4.39 Å². The van der Waals surface area contributed by atoms with Gasteiger partial charge in [0.05, 0.1) is 12.7 Å². The summed E-state index contributed by atoms with van der Waals surface area (Å²) < 4.78 is 18.5. The first-order valence-electron chi connectivity index (χ1n) is 5.00. The van der Waals surface area contributed by atoms with Gasteiger partial charge in [0.25, 0.3) is 0 Å². The molecule has 3 nitrogen and oxygen atoms in total. The molecule has 0 spiro atoms. The Hall–Kier alpha value is -2.23. The van der Waals surface area contributed by atoms with Crippen LogP contribution >= 0.6 is 0 Å². The minimum Gasteiger partial charge on any atom is -0.497 e. The van der Waals surface area contributed by atoms with Crippen LogP contribution in [0.25, 0.3) is 0 Å². The van der Waals surface area contributed by atoms with E-state index in [1.165, 1.54) is 25.4 Å². The number of carbonyl (C=O) groups is 1. The quantitative estimate of drug-likeness (QED) is 0.762. The molecule has 0 aliphatic rings. The molecule has 0 atom stereocenters. The number of halogens is 1. The molecule has 17 heavy (non-hydrogen) atoms. The van der Waals surface area contributed by atoms with Crippen molar-refractivity contribution in [2.45, 2.75) is 0 Å². The predicted octanol–water partition coefficient (Wildman–Crippen LogP) is 2.46. The van der Waals surface area contributed by atoms with Gasteiger partial charge in [-0.15, -0.1) is 0 Å². The number of nitrogens with zero attached hydrogens (tertiary/aromatic N) is 1. The van der Waals surface area contributed by atoms with E-state index >= 15 is 0 Å². The lowest BCUT2D eigenvalue weighted by Gasteiger charge is -2.04. The Labute approximate surface area is 97.9 Å². The van der Waals surface area contributed by atoms with Crippen LogP contribution in [0.1, 0.15) is 15.9 Å². The second-order valence-corrected chi connectivity index (χ2v) is 3.42. The van der Waals surface area contributed by atoms with Crippen molar-refractivity contribution in [1.82, 2.24) is 4.98 Å². The lowest BCUT2D eigenvalue weighted by atomic mass is 10.0. The summed E-state index contributed by atoms with van der Waals surface area (Å²) in [5, 5.41) is 0. The van der Waals surface area contributed by atoms with Gasteiger partial charge in [-0.05, 0) is 24.3 Å². The number of hydrogen-bond donors (Lipinski definition) is 0. The molecule has 1 aromatic carbocycles. The zero-order valence-corrected chi connectivity index (χ0v) is 9.18. The molecule has 0 radical (unpaired) electrons.